The predicted molar refractivity (Wildman–Crippen MR) is 84.0 cm³/mol. The van der Waals surface area contributed by atoms with Crippen LogP contribution in [0.15, 0.2) is 30.3 Å². The molecule has 1 heterocycles. The van der Waals surface area contributed by atoms with Crippen LogP contribution < -0.4 is 11.5 Å². The summed E-state index contributed by atoms with van der Waals surface area (Å²) >= 11 is 0. The number of nitrogens with two attached hydrogens (primary N) is 2. The van der Waals surface area contributed by atoms with Crippen LogP contribution in [0.1, 0.15) is 12.0 Å². The van der Waals surface area contributed by atoms with Gasteiger partial charge in [-0.3, -0.25) is 4.90 Å². The molecular weight excluding hydrogens is 293 g/mol. The molecule has 1 fully saturated rings. The maximum atomic E-state index is 5.95. The highest BCUT2D eigenvalue weighted by molar-refractivity contribution is 5.86. The highest BCUT2D eigenvalue weighted by Crippen LogP contribution is 2.11. The normalized spacial score (nSPS) is 23.2. The van der Waals surface area contributed by atoms with Crippen molar-refractivity contribution in [1.29, 1.82) is 0 Å². The molecule has 106 valence electrons. The van der Waals surface area contributed by atoms with Gasteiger partial charge in [-0.05, 0) is 12.0 Å². The molecule has 1 aliphatic heterocycles. The molecule has 18 heavy (non-hydrogen) atoms. The SMILES string of the molecule is Cl.Cl.Cl.NC1CC(N)CN(Cc2ccccc2)C1. The minimum Gasteiger partial charge on any atom is -0.326 e. The summed E-state index contributed by atoms with van der Waals surface area (Å²) in [6, 6.07) is 10.9. The van der Waals surface area contributed by atoms with E-state index >= 15 is 0 Å². The van der Waals surface area contributed by atoms with Gasteiger partial charge in [-0.15, -0.1) is 37.2 Å². The average Bonchev–Trinajstić information content (AvgIpc) is 2.17. The smallest absolute Gasteiger partial charge is 0.0235 e. The fraction of sp³-hybridized carbons (Fsp3) is 0.500. The molecule has 0 radical (unpaired) electrons. The van der Waals surface area contributed by atoms with E-state index in [9.17, 15) is 0 Å². The molecule has 2 unspecified atom stereocenters. The molecule has 2 atom stereocenters. The van der Waals surface area contributed by atoms with Crippen LogP contribution >= 0.6 is 37.2 Å². The summed E-state index contributed by atoms with van der Waals surface area (Å²) in [4.78, 5) is 2.34. The second-order valence-electron chi connectivity index (χ2n) is 4.44. The van der Waals surface area contributed by atoms with Crippen LogP contribution in [0.25, 0.3) is 0 Å². The van der Waals surface area contributed by atoms with Crippen molar-refractivity contribution in [3.63, 3.8) is 0 Å². The van der Waals surface area contributed by atoms with Gasteiger partial charge in [0.05, 0.1) is 0 Å². The van der Waals surface area contributed by atoms with Gasteiger partial charge in [0.1, 0.15) is 0 Å². The van der Waals surface area contributed by atoms with Gasteiger partial charge in [0.2, 0.25) is 0 Å². The molecule has 0 saturated carbocycles. The van der Waals surface area contributed by atoms with E-state index in [0.717, 1.165) is 26.1 Å². The van der Waals surface area contributed by atoms with Gasteiger partial charge in [0, 0.05) is 31.7 Å². The van der Waals surface area contributed by atoms with Gasteiger partial charge in [-0.2, -0.15) is 0 Å². The molecule has 1 saturated heterocycles. The van der Waals surface area contributed by atoms with E-state index in [1.165, 1.54) is 5.56 Å². The summed E-state index contributed by atoms with van der Waals surface area (Å²) in [5.74, 6) is 0. The lowest BCUT2D eigenvalue weighted by Gasteiger charge is -2.34. The number of nitrogens with zero attached hydrogens (tertiary/aromatic N) is 1. The van der Waals surface area contributed by atoms with E-state index in [1.54, 1.807) is 0 Å². The van der Waals surface area contributed by atoms with Crippen molar-refractivity contribution in [3.05, 3.63) is 35.9 Å². The van der Waals surface area contributed by atoms with Crippen LogP contribution in [0.3, 0.4) is 0 Å². The summed E-state index contributed by atoms with van der Waals surface area (Å²) in [5, 5.41) is 0. The molecule has 6 heteroatoms. The first-order chi connectivity index (χ1) is 7.24. The highest BCUT2D eigenvalue weighted by Gasteiger charge is 2.22. The lowest BCUT2D eigenvalue weighted by Crippen LogP contribution is -2.51. The Kier molecular flexibility index (Phi) is 11.1. The maximum Gasteiger partial charge on any atom is 0.0235 e. The van der Waals surface area contributed by atoms with Crippen molar-refractivity contribution in [2.24, 2.45) is 11.5 Å². The number of piperidine rings is 1. The van der Waals surface area contributed by atoms with E-state index in [0.29, 0.717) is 0 Å². The molecule has 3 nitrogen and oxygen atoms in total. The minimum absolute atomic E-state index is 0. The molecule has 0 spiro atoms. The Balaban J connectivity index is 0. The first-order valence-corrected chi connectivity index (χ1v) is 5.51. The average molecular weight is 315 g/mol. The molecule has 1 aromatic carbocycles. The molecule has 0 bridgehead atoms. The van der Waals surface area contributed by atoms with Gasteiger partial charge in [-0.25, -0.2) is 0 Å². The second kappa shape index (κ2) is 9.84. The number of rotatable bonds is 2. The van der Waals surface area contributed by atoms with Gasteiger partial charge in [0.15, 0.2) is 0 Å². The van der Waals surface area contributed by atoms with Gasteiger partial charge >= 0.3 is 0 Å². The molecule has 1 aliphatic rings. The Labute approximate surface area is 128 Å². The van der Waals surface area contributed by atoms with Crippen LogP contribution in [0.2, 0.25) is 0 Å². The van der Waals surface area contributed by atoms with Crippen LogP contribution in [-0.4, -0.2) is 30.1 Å². The van der Waals surface area contributed by atoms with Crippen LogP contribution in [0.4, 0.5) is 0 Å². The van der Waals surface area contributed by atoms with Crippen LogP contribution in [0, 0.1) is 0 Å². The molecule has 0 aliphatic carbocycles. The van der Waals surface area contributed by atoms with E-state index in [1.807, 2.05) is 6.07 Å². The van der Waals surface area contributed by atoms with E-state index in [4.69, 9.17) is 11.5 Å². The lowest BCUT2D eigenvalue weighted by atomic mass is 10.0. The van der Waals surface area contributed by atoms with E-state index in [-0.39, 0.29) is 49.3 Å². The molecular formula is C12H22Cl3N3. The summed E-state index contributed by atoms with van der Waals surface area (Å²) in [6.07, 6.45) is 0.950. The highest BCUT2D eigenvalue weighted by atomic mass is 35.5. The number of hydrogen-bond acceptors (Lipinski definition) is 3. The number of hydrogen-bond donors (Lipinski definition) is 2. The first-order valence-electron chi connectivity index (χ1n) is 5.51. The molecule has 0 amide bonds. The van der Waals surface area contributed by atoms with Crippen LogP contribution in [0.5, 0.6) is 0 Å². The first kappa shape index (κ1) is 20.3. The van der Waals surface area contributed by atoms with Crippen molar-refractivity contribution in [2.75, 3.05) is 13.1 Å². The summed E-state index contributed by atoms with van der Waals surface area (Å²) in [5.41, 5.74) is 13.2. The number of halogens is 3. The molecule has 2 rings (SSSR count). The Bertz CT molecular complexity index is 301. The van der Waals surface area contributed by atoms with Crippen molar-refractivity contribution in [3.8, 4) is 0 Å². The zero-order valence-electron chi connectivity index (χ0n) is 10.2. The van der Waals surface area contributed by atoms with Crippen LogP contribution in [-0.2, 0) is 6.54 Å². The molecule has 4 N–H and O–H groups in total. The van der Waals surface area contributed by atoms with Crippen molar-refractivity contribution in [2.45, 2.75) is 25.0 Å². The molecule has 1 aromatic rings. The van der Waals surface area contributed by atoms with E-state index < -0.39 is 0 Å². The fourth-order valence-corrected chi connectivity index (χ4v) is 2.25. The monoisotopic (exact) mass is 313 g/mol. The third-order valence-corrected chi connectivity index (χ3v) is 2.84. The Hall–Kier alpha value is -0.0300. The van der Waals surface area contributed by atoms with Gasteiger partial charge < -0.3 is 11.5 Å². The Morgan fingerprint density at radius 2 is 1.44 bits per heavy atom. The lowest BCUT2D eigenvalue weighted by molar-refractivity contribution is 0.183. The van der Waals surface area contributed by atoms with Gasteiger partial charge in [0.25, 0.3) is 0 Å². The third kappa shape index (κ3) is 6.23. The Morgan fingerprint density at radius 1 is 0.944 bits per heavy atom. The second-order valence-corrected chi connectivity index (χ2v) is 4.44. The fourth-order valence-electron chi connectivity index (χ4n) is 2.25. The number of benzene rings is 1. The van der Waals surface area contributed by atoms with Crippen molar-refractivity contribution < 1.29 is 0 Å². The van der Waals surface area contributed by atoms with Crippen molar-refractivity contribution in [1.82, 2.24) is 4.90 Å². The summed E-state index contributed by atoms with van der Waals surface area (Å²) in [6.45, 7) is 2.88. The van der Waals surface area contributed by atoms with Crippen molar-refractivity contribution >= 4 is 37.2 Å². The maximum absolute atomic E-state index is 5.95. The minimum atomic E-state index is 0. The largest absolute Gasteiger partial charge is 0.326 e. The zero-order valence-corrected chi connectivity index (χ0v) is 12.6. The summed E-state index contributed by atoms with van der Waals surface area (Å²) < 4.78 is 0. The van der Waals surface area contributed by atoms with Gasteiger partial charge in [-0.1, -0.05) is 30.3 Å². The third-order valence-electron chi connectivity index (χ3n) is 2.84. The zero-order chi connectivity index (χ0) is 10.7. The standard InChI is InChI=1S/C12H19N3.3ClH/c13-11-6-12(14)9-15(8-11)7-10-4-2-1-3-5-10;;;/h1-5,11-12H,6-9,13-14H2;3*1H. The topological polar surface area (TPSA) is 55.3 Å². The summed E-state index contributed by atoms with van der Waals surface area (Å²) in [7, 11) is 0. The molecule has 0 aromatic heterocycles. The number of likely N-dealkylation sites (tertiary alicyclic amines) is 1. The predicted octanol–water partition coefficient (Wildman–Crippen LogP) is 1.81. The quantitative estimate of drug-likeness (QED) is 0.875. The van der Waals surface area contributed by atoms with E-state index in [2.05, 4.69) is 29.2 Å². The Morgan fingerprint density at radius 3 is 1.94 bits per heavy atom.